The van der Waals surface area contributed by atoms with Gasteiger partial charge in [0.2, 0.25) is 0 Å². The Kier molecular flexibility index (Phi) is 8.19. The lowest BCUT2D eigenvalue weighted by atomic mass is 10.2. The normalized spacial score (nSPS) is 9.47. The number of carbonyl (C=O) groups is 1. The maximum Gasteiger partial charge on any atom is 0.252 e. The standard InChI is InChI=1S/C12H17NO3.ClH/c1-15-8-4-5-9-16-11-7-3-2-6-10(11)12(13)14;/h2-3,6-7H,4-5,8-9H2,1H3,(H2,13,14);1H. The van der Waals surface area contributed by atoms with Crippen molar-refractivity contribution >= 4 is 18.3 Å². The molecule has 0 fully saturated rings. The minimum atomic E-state index is -0.465. The number of benzene rings is 1. The third-order valence-corrected chi connectivity index (χ3v) is 2.15. The van der Waals surface area contributed by atoms with Crippen LogP contribution in [0.1, 0.15) is 23.2 Å². The van der Waals surface area contributed by atoms with Crippen molar-refractivity contribution in [2.75, 3.05) is 20.3 Å². The highest BCUT2D eigenvalue weighted by Crippen LogP contribution is 2.17. The van der Waals surface area contributed by atoms with Gasteiger partial charge >= 0.3 is 0 Å². The number of primary amides is 1. The Balaban J connectivity index is 0.00000256. The van der Waals surface area contributed by atoms with Gasteiger partial charge in [0.1, 0.15) is 5.75 Å². The van der Waals surface area contributed by atoms with Crippen molar-refractivity contribution in [2.24, 2.45) is 5.73 Å². The van der Waals surface area contributed by atoms with Crippen molar-refractivity contribution in [1.29, 1.82) is 0 Å². The van der Waals surface area contributed by atoms with Crippen molar-refractivity contribution in [3.63, 3.8) is 0 Å². The molecule has 0 bridgehead atoms. The number of ether oxygens (including phenoxy) is 2. The second-order valence-electron chi connectivity index (χ2n) is 3.41. The van der Waals surface area contributed by atoms with E-state index in [2.05, 4.69) is 0 Å². The molecule has 0 unspecified atom stereocenters. The predicted molar refractivity (Wildman–Crippen MR) is 68.8 cm³/mol. The minimum Gasteiger partial charge on any atom is -0.493 e. The summed E-state index contributed by atoms with van der Waals surface area (Å²) in [5, 5.41) is 0. The van der Waals surface area contributed by atoms with Crippen molar-refractivity contribution in [1.82, 2.24) is 0 Å². The summed E-state index contributed by atoms with van der Waals surface area (Å²) < 4.78 is 10.4. The van der Waals surface area contributed by atoms with Gasteiger partial charge in [0.25, 0.3) is 5.91 Å². The zero-order valence-corrected chi connectivity index (χ0v) is 10.7. The fraction of sp³-hybridized carbons (Fsp3) is 0.417. The molecule has 0 saturated carbocycles. The number of halogens is 1. The highest BCUT2D eigenvalue weighted by atomic mass is 35.5. The summed E-state index contributed by atoms with van der Waals surface area (Å²) in [5.41, 5.74) is 5.65. The maximum absolute atomic E-state index is 11.1. The lowest BCUT2D eigenvalue weighted by Crippen LogP contribution is -2.13. The number of para-hydroxylation sites is 1. The van der Waals surface area contributed by atoms with E-state index in [1.807, 2.05) is 6.07 Å². The number of carbonyl (C=O) groups excluding carboxylic acids is 1. The molecule has 0 aliphatic rings. The SMILES string of the molecule is COCCCCOc1ccccc1C(N)=O.Cl. The van der Waals surface area contributed by atoms with Crippen LogP contribution in [0.5, 0.6) is 5.75 Å². The van der Waals surface area contributed by atoms with E-state index in [-0.39, 0.29) is 12.4 Å². The Bertz CT molecular complexity index is 344. The molecule has 17 heavy (non-hydrogen) atoms. The average Bonchev–Trinajstić information content (AvgIpc) is 2.29. The third-order valence-electron chi connectivity index (χ3n) is 2.15. The molecule has 0 heterocycles. The van der Waals surface area contributed by atoms with Crippen LogP contribution in [0, 0.1) is 0 Å². The van der Waals surface area contributed by atoms with E-state index >= 15 is 0 Å². The van der Waals surface area contributed by atoms with E-state index in [0.29, 0.717) is 17.9 Å². The summed E-state index contributed by atoms with van der Waals surface area (Å²) >= 11 is 0. The van der Waals surface area contributed by atoms with E-state index in [1.165, 1.54) is 0 Å². The highest BCUT2D eigenvalue weighted by Gasteiger charge is 2.07. The molecule has 0 aromatic heterocycles. The van der Waals surface area contributed by atoms with E-state index in [1.54, 1.807) is 25.3 Å². The summed E-state index contributed by atoms with van der Waals surface area (Å²) in [6.07, 6.45) is 1.83. The Morgan fingerprint density at radius 3 is 2.53 bits per heavy atom. The molecule has 96 valence electrons. The van der Waals surface area contributed by atoms with Gasteiger partial charge < -0.3 is 15.2 Å². The Labute approximate surface area is 108 Å². The molecular weight excluding hydrogens is 242 g/mol. The fourth-order valence-electron chi connectivity index (χ4n) is 1.33. The van der Waals surface area contributed by atoms with Gasteiger partial charge in [0, 0.05) is 13.7 Å². The van der Waals surface area contributed by atoms with Gasteiger partial charge in [-0.1, -0.05) is 12.1 Å². The summed E-state index contributed by atoms with van der Waals surface area (Å²) in [4.78, 5) is 11.1. The fourth-order valence-corrected chi connectivity index (χ4v) is 1.33. The van der Waals surface area contributed by atoms with Gasteiger partial charge in [-0.3, -0.25) is 4.79 Å². The van der Waals surface area contributed by atoms with Crippen molar-refractivity contribution in [3.05, 3.63) is 29.8 Å². The second kappa shape index (κ2) is 8.84. The molecule has 4 nitrogen and oxygen atoms in total. The molecule has 0 atom stereocenters. The summed E-state index contributed by atoms with van der Waals surface area (Å²) in [6, 6.07) is 6.98. The van der Waals surface area contributed by atoms with Crippen molar-refractivity contribution in [2.45, 2.75) is 12.8 Å². The number of hydrogen-bond donors (Lipinski definition) is 1. The van der Waals surface area contributed by atoms with Crippen LogP contribution in [0.15, 0.2) is 24.3 Å². The molecule has 0 radical (unpaired) electrons. The molecule has 0 aliphatic heterocycles. The smallest absolute Gasteiger partial charge is 0.252 e. The lowest BCUT2D eigenvalue weighted by molar-refractivity contribution is 0.0996. The molecule has 2 N–H and O–H groups in total. The van der Waals surface area contributed by atoms with Crippen LogP contribution in [0.2, 0.25) is 0 Å². The molecule has 0 aliphatic carbocycles. The van der Waals surface area contributed by atoms with Gasteiger partial charge in [-0.05, 0) is 25.0 Å². The quantitative estimate of drug-likeness (QED) is 0.762. The average molecular weight is 260 g/mol. The maximum atomic E-state index is 11.1. The summed E-state index contributed by atoms with van der Waals surface area (Å²) in [6.45, 7) is 1.29. The first-order valence-corrected chi connectivity index (χ1v) is 5.26. The zero-order chi connectivity index (χ0) is 11.8. The van der Waals surface area contributed by atoms with Crippen LogP contribution in [-0.2, 0) is 4.74 Å². The van der Waals surface area contributed by atoms with Crippen LogP contribution in [0.4, 0.5) is 0 Å². The third kappa shape index (κ3) is 5.56. The van der Waals surface area contributed by atoms with Gasteiger partial charge in [0.15, 0.2) is 0 Å². The lowest BCUT2D eigenvalue weighted by Gasteiger charge is -2.08. The molecule has 1 rings (SSSR count). The molecule has 0 spiro atoms. The molecule has 1 aromatic rings. The van der Waals surface area contributed by atoms with E-state index in [9.17, 15) is 4.79 Å². The van der Waals surface area contributed by atoms with Crippen LogP contribution < -0.4 is 10.5 Å². The Hall–Kier alpha value is -1.26. The summed E-state index contributed by atoms with van der Waals surface area (Å²) in [5.74, 6) is 0.0832. The topological polar surface area (TPSA) is 61.6 Å². The second-order valence-corrected chi connectivity index (χ2v) is 3.41. The first kappa shape index (κ1) is 15.7. The van der Waals surface area contributed by atoms with Crippen LogP contribution in [0.3, 0.4) is 0 Å². The van der Waals surface area contributed by atoms with Gasteiger partial charge in [-0.15, -0.1) is 12.4 Å². The molecule has 1 aromatic carbocycles. The Morgan fingerprint density at radius 2 is 1.88 bits per heavy atom. The summed E-state index contributed by atoms with van der Waals surface area (Å²) in [7, 11) is 1.67. The first-order chi connectivity index (χ1) is 7.75. The minimum absolute atomic E-state index is 0. The van der Waals surface area contributed by atoms with E-state index < -0.39 is 5.91 Å². The predicted octanol–water partition coefficient (Wildman–Crippen LogP) is 2.01. The number of unbranched alkanes of at least 4 members (excludes halogenated alkanes) is 1. The van der Waals surface area contributed by atoms with Gasteiger partial charge in [-0.25, -0.2) is 0 Å². The van der Waals surface area contributed by atoms with Crippen LogP contribution in [0.25, 0.3) is 0 Å². The molecular formula is C12H18ClNO3. The highest BCUT2D eigenvalue weighted by molar-refractivity contribution is 5.95. The number of nitrogens with two attached hydrogens (primary N) is 1. The first-order valence-electron chi connectivity index (χ1n) is 5.26. The van der Waals surface area contributed by atoms with Crippen molar-refractivity contribution in [3.8, 4) is 5.75 Å². The van der Waals surface area contributed by atoms with E-state index in [0.717, 1.165) is 19.4 Å². The van der Waals surface area contributed by atoms with Crippen LogP contribution >= 0.6 is 12.4 Å². The molecule has 1 amide bonds. The zero-order valence-electron chi connectivity index (χ0n) is 9.85. The van der Waals surface area contributed by atoms with Gasteiger partial charge in [-0.2, -0.15) is 0 Å². The molecule has 5 heteroatoms. The number of methoxy groups -OCH3 is 1. The van der Waals surface area contributed by atoms with Gasteiger partial charge in [0.05, 0.1) is 12.2 Å². The number of amides is 1. The Morgan fingerprint density at radius 1 is 1.24 bits per heavy atom. The van der Waals surface area contributed by atoms with Crippen molar-refractivity contribution < 1.29 is 14.3 Å². The largest absolute Gasteiger partial charge is 0.493 e. The number of hydrogen-bond acceptors (Lipinski definition) is 3. The molecule has 0 saturated heterocycles. The monoisotopic (exact) mass is 259 g/mol. The van der Waals surface area contributed by atoms with E-state index in [4.69, 9.17) is 15.2 Å². The van der Waals surface area contributed by atoms with Crippen LogP contribution in [-0.4, -0.2) is 26.2 Å². The number of rotatable bonds is 7.